The first kappa shape index (κ1) is 24.6. The van der Waals surface area contributed by atoms with Crippen LogP contribution in [-0.4, -0.2) is 5.78 Å². The maximum Gasteiger partial charge on any atom is 0.226 e. The van der Waals surface area contributed by atoms with Crippen LogP contribution in [-0.2, 0) is 4.79 Å². The summed E-state index contributed by atoms with van der Waals surface area (Å²) in [4.78, 5) is 17.0. The van der Waals surface area contributed by atoms with E-state index in [1.807, 2.05) is 0 Å². The molecular formula is C32H49NO. The summed E-state index contributed by atoms with van der Waals surface area (Å²) < 4.78 is 0. The molecule has 5 aliphatic carbocycles. The highest BCUT2D eigenvalue weighted by Crippen LogP contribution is 2.77. The Morgan fingerprint density at radius 3 is 2.18 bits per heavy atom. The molecule has 4 saturated carbocycles. The van der Waals surface area contributed by atoms with Crippen molar-refractivity contribution in [3.8, 4) is 0 Å². The first-order valence-electron chi connectivity index (χ1n) is 14.2. The summed E-state index contributed by atoms with van der Waals surface area (Å²) in [6.07, 6.45) is 12.7. The normalized spacial score (nSPS) is 53.4. The second-order valence-corrected chi connectivity index (χ2v) is 15.9. The molecule has 0 amide bonds. The van der Waals surface area contributed by atoms with Crippen molar-refractivity contribution in [3.63, 3.8) is 0 Å². The molecule has 0 radical (unpaired) electrons. The number of carbonyl (C=O) groups excluding carboxylic acids is 1. The van der Waals surface area contributed by atoms with Crippen molar-refractivity contribution in [2.24, 2.45) is 62.1 Å². The third kappa shape index (κ3) is 2.88. The van der Waals surface area contributed by atoms with E-state index >= 15 is 0 Å². The Morgan fingerprint density at radius 2 is 1.53 bits per heavy atom. The Balaban J connectivity index is 1.62. The van der Waals surface area contributed by atoms with Gasteiger partial charge in [0.15, 0.2) is 5.78 Å². The minimum Gasteiger partial charge on any atom is -0.307 e. The molecule has 5 aliphatic rings. The van der Waals surface area contributed by atoms with E-state index in [1.165, 1.54) is 44.9 Å². The van der Waals surface area contributed by atoms with E-state index in [2.05, 4.69) is 73.2 Å². The maximum absolute atomic E-state index is 13.2. The molecule has 0 heterocycles. The van der Waals surface area contributed by atoms with Gasteiger partial charge in [0.05, 0.1) is 6.57 Å². The van der Waals surface area contributed by atoms with Crippen LogP contribution < -0.4 is 0 Å². The number of rotatable bonds is 0. The first-order chi connectivity index (χ1) is 15.6. The average molecular weight is 464 g/mol. The average Bonchev–Trinajstić information content (AvgIpc) is 2.74. The number of hydrogen-bond donors (Lipinski definition) is 0. The standard InChI is InChI=1S/C32H49NO/c1-20-17-24-30(7)19-22(33-10)26(34)28(4,5)23(30)11-12-31(24,8)32(9)16-15-29(6)14-13-27(2,3)18-21(29)25(20)32/h19-21,23-25H,11-18H2,1-9H3/t20?,21?,23-,24?,25?,29?,30-,31+,32+/m0/s1. The van der Waals surface area contributed by atoms with E-state index < -0.39 is 5.41 Å². The van der Waals surface area contributed by atoms with E-state index in [-0.39, 0.29) is 16.6 Å². The van der Waals surface area contributed by atoms with Crippen LogP contribution in [0.25, 0.3) is 4.85 Å². The molecule has 188 valence electrons. The van der Waals surface area contributed by atoms with E-state index in [1.54, 1.807) is 0 Å². The second-order valence-electron chi connectivity index (χ2n) is 15.9. The zero-order valence-electron chi connectivity index (χ0n) is 23.5. The van der Waals surface area contributed by atoms with Crippen LogP contribution in [0.1, 0.15) is 114 Å². The third-order valence-corrected chi connectivity index (χ3v) is 13.4. The highest BCUT2D eigenvalue weighted by Gasteiger charge is 2.70. The number of carbonyl (C=O) groups is 1. The van der Waals surface area contributed by atoms with Gasteiger partial charge in [0.1, 0.15) is 0 Å². The van der Waals surface area contributed by atoms with Gasteiger partial charge in [-0.05, 0) is 108 Å². The molecule has 4 fully saturated rings. The van der Waals surface area contributed by atoms with Crippen LogP contribution in [0.3, 0.4) is 0 Å². The summed E-state index contributed by atoms with van der Waals surface area (Å²) in [6.45, 7) is 30.1. The van der Waals surface area contributed by atoms with Crippen LogP contribution in [0.2, 0.25) is 0 Å². The molecule has 0 spiro atoms. The highest BCUT2D eigenvalue weighted by atomic mass is 16.1. The van der Waals surface area contributed by atoms with Crippen molar-refractivity contribution in [1.82, 2.24) is 0 Å². The van der Waals surface area contributed by atoms with Gasteiger partial charge in [-0.15, -0.1) is 0 Å². The number of Topliss-reactive ketones (excluding diaryl/α,β-unsaturated/α-hetero) is 1. The van der Waals surface area contributed by atoms with Crippen LogP contribution in [0.4, 0.5) is 0 Å². The topological polar surface area (TPSA) is 21.4 Å². The van der Waals surface area contributed by atoms with Gasteiger partial charge in [0, 0.05) is 5.41 Å². The van der Waals surface area contributed by atoms with Gasteiger partial charge < -0.3 is 4.79 Å². The van der Waals surface area contributed by atoms with Gasteiger partial charge in [-0.1, -0.05) is 68.4 Å². The maximum atomic E-state index is 13.2. The van der Waals surface area contributed by atoms with Gasteiger partial charge >= 0.3 is 0 Å². The lowest BCUT2D eigenvalue weighted by Crippen LogP contribution is -2.67. The third-order valence-electron chi connectivity index (χ3n) is 13.4. The van der Waals surface area contributed by atoms with Crippen molar-refractivity contribution >= 4 is 5.78 Å². The van der Waals surface area contributed by atoms with Gasteiger partial charge in [0.25, 0.3) is 0 Å². The molecule has 0 aliphatic heterocycles. The van der Waals surface area contributed by atoms with Gasteiger partial charge in [-0.25, -0.2) is 4.85 Å². The zero-order valence-corrected chi connectivity index (χ0v) is 23.5. The molecule has 0 N–H and O–H groups in total. The Morgan fingerprint density at radius 1 is 0.882 bits per heavy atom. The molecule has 0 saturated heterocycles. The lowest BCUT2D eigenvalue weighted by molar-refractivity contribution is -0.243. The Kier molecular flexibility index (Phi) is 5.07. The molecule has 9 atom stereocenters. The summed E-state index contributed by atoms with van der Waals surface area (Å²) in [5.74, 6) is 3.27. The molecular weight excluding hydrogens is 414 g/mol. The molecule has 34 heavy (non-hydrogen) atoms. The molecule has 0 bridgehead atoms. The predicted octanol–water partition coefficient (Wildman–Crippen LogP) is 8.73. The zero-order chi connectivity index (χ0) is 25.1. The van der Waals surface area contributed by atoms with Crippen molar-refractivity contribution in [2.45, 2.75) is 114 Å². The molecule has 0 aromatic rings. The highest BCUT2D eigenvalue weighted by molar-refractivity contribution is 6.02. The Labute approximate surface area is 209 Å². The van der Waals surface area contributed by atoms with E-state index in [0.717, 1.165) is 18.3 Å². The largest absolute Gasteiger partial charge is 0.307 e. The molecule has 5 unspecified atom stereocenters. The smallest absolute Gasteiger partial charge is 0.226 e. The minimum absolute atomic E-state index is 0.0703. The number of allylic oxidation sites excluding steroid dienone is 2. The van der Waals surface area contributed by atoms with Crippen LogP contribution in [0.5, 0.6) is 0 Å². The fourth-order valence-electron chi connectivity index (χ4n) is 11.3. The van der Waals surface area contributed by atoms with E-state index in [9.17, 15) is 4.79 Å². The molecule has 5 rings (SSSR count). The second kappa shape index (κ2) is 7.01. The molecule has 2 heteroatoms. The Hall–Kier alpha value is -1.10. The summed E-state index contributed by atoms with van der Waals surface area (Å²) in [7, 11) is 0. The van der Waals surface area contributed by atoms with Gasteiger partial charge in [-0.2, -0.15) is 0 Å². The quantitative estimate of drug-likeness (QED) is 0.329. The van der Waals surface area contributed by atoms with Crippen molar-refractivity contribution < 1.29 is 4.79 Å². The summed E-state index contributed by atoms with van der Waals surface area (Å²) in [5, 5.41) is 0. The summed E-state index contributed by atoms with van der Waals surface area (Å²) in [6, 6.07) is 0. The fourth-order valence-corrected chi connectivity index (χ4v) is 11.3. The lowest BCUT2D eigenvalue weighted by Gasteiger charge is -2.74. The predicted molar refractivity (Wildman–Crippen MR) is 140 cm³/mol. The Bertz CT molecular complexity index is 981. The first-order valence-corrected chi connectivity index (χ1v) is 14.2. The van der Waals surface area contributed by atoms with Gasteiger partial charge in [0.2, 0.25) is 5.70 Å². The summed E-state index contributed by atoms with van der Waals surface area (Å²) in [5.41, 5.74) is 1.47. The van der Waals surface area contributed by atoms with E-state index in [0.29, 0.717) is 39.7 Å². The van der Waals surface area contributed by atoms with Crippen molar-refractivity contribution in [3.05, 3.63) is 23.2 Å². The molecule has 2 nitrogen and oxygen atoms in total. The monoisotopic (exact) mass is 463 g/mol. The van der Waals surface area contributed by atoms with Crippen LogP contribution in [0.15, 0.2) is 11.8 Å². The fraction of sp³-hybridized carbons (Fsp3) is 0.875. The number of fused-ring (bicyclic) bond motifs is 7. The van der Waals surface area contributed by atoms with Crippen molar-refractivity contribution in [1.29, 1.82) is 0 Å². The summed E-state index contributed by atoms with van der Waals surface area (Å²) >= 11 is 0. The molecule has 0 aromatic heterocycles. The van der Waals surface area contributed by atoms with Crippen LogP contribution in [0, 0.1) is 68.7 Å². The number of ketones is 1. The lowest BCUT2D eigenvalue weighted by atomic mass is 9.31. The van der Waals surface area contributed by atoms with Crippen LogP contribution >= 0.6 is 0 Å². The SMILES string of the molecule is [C-]#[N+]C1=C[C@]2(C)C3CC(C)C4C5CC(C)(C)CCC5(C)CC[C@@]4(C)[C@]3(C)CC[C@H]2C(C)(C)C1=O. The number of hydrogen-bond acceptors (Lipinski definition) is 1. The number of nitrogens with zero attached hydrogens (tertiary/aromatic N) is 1. The van der Waals surface area contributed by atoms with E-state index in [4.69, 9.17) is 6.57 Å². The molecule has 0 aromatic carbocycles. The van der Waals surface area contributed by atoms with Crippen molar-refractivity contribution in [2.75, 3.05) is 0 Å². The van der Waals surface area contributed by atoms with Gasteiger partial charge in [-0.3, -0.25) is 0 Å². The minimum atomic E-state index is -0.440.